The number of amides is 1. The number of carbonyl (C=O) groups excluding carboxylic acids is 3. The third-order valence-electron chi connectivity index (χ3n) is 3.75. The Morgan fingerprint density at radius 1 is 1.32 bits per heavy atom. The molecule has 106 valence electrons. The maximum atomic E-state index is 12.0. The van der Waals surface area contributed by atoms with Crippen molar-refractivity contribution in [1.82, 2.24) is 4.90 Å². The number of hydrogen-bond donors (Lipinski definition) is 0. The van der Waals surface area contributed by atoms with Gasteiger partial charge in [0.1, 0.15) is 0 Å². The van der Waals surface area contributed by atoms with Gasteiger partial charge < -0.3 is 14.4 Å². The number of esters is 2. The highest BCUT2D eigenvalue weighted by atomic mass is 16.5. The van der Waals surface area contributed by atoms with E-state index in [4.69, 9.17) is 0 Å². The predicted octanol–water partition coefficient (Wildman–Crippen LogP) is 0.719. The van der Waals surface area contributed by atoms with E-state index in [0.717, 1.165) is 6.08 Å². The molecule has 1 amide bonds. The van der Waals surface area contributed by atoms with E-state index in [0.29, 0.717) is 0 Å². The van der Waals surface area contributed by atoms with Crippen LogP contribution in [0.1, 0.15) is 20.8 Å². The lowest BCUT2D eigenvalue weighted by Gasteiger charge is -2.55. The molecular weight excluding hydrogens is 250 g/mol. The van der Waals surface area contributed by atoms with E-state index in [1.165, 1.54) is 25.3 Å². The summed E-state index contributed by atoms with van der Waals surface area (Å²) in [4.78, 5) is 36.1. The number of methoxy groups -OCH3 is 2. The van der Waals surface area contributed by atoms with Crippen LogP contribution in [0, 0.1) is 11.8 Å². The molecule has 6 heteroatoms. The molecular formula is C13H19NO5. The van der Waals surface area contributed by atoms with Crippen LogP contribution >= 0.6 is 0 Å². The lowest BCUT2D eigenvalue weighted by Crippen LogP contribution is -2.72. The fourth-order valence-electron chi connectivity index (χ4n) is 2.21. The number of ether oxygens (including phenoxy) is 2. The second-order valence-electron chi connectivity index (χ2n) is 4.88. The number of likely N-dealkylation sites (tertiary alicyclic amines) is 1. The Hall–Kier alpha value is -1.85. The molecule has 0 radical (unpaired) electrons. The van der Waals surface area contributed by atoms with Crippen molar-refractivity contribution in [3.8, 4) is 0 Å². The first-order valence-corrected chi connectivity index (χ1v) is 5.97. The zero-order valence-electron chi connectivity index (χ0n) is 11.8. The van der Waals surface area contributed by atoms with Crippen molar-refractivity contribution in [2.75, 3.05) is 14.2 Å². The minimum Gasteiger partial charge on any atom is -0.468 e. The van der Waals surface area contributed by atoms with E-state index in [2.05, 4.69) is 9.47 Å². The van der Waals surface area contributed by atoms with Gasteiger partial charge in [-0.3, -0.25) is 9.59 Å². The number of hydrogen-bond acceptors (Lipinski definition) is 5. The quantitative estimate of drug-likeness (QED) is 0.325. The zero-order chi connectivity index (χ0) is 14.8. The molecule has 0 bridgehead atoms. The van der Waals surface area contributed by atoms with Gasteiger partial charge in [0, 0.05) is 12.3 Å². The molecule has 0 aromatic heterocycles. The Morgan fingerprint density at radius 2 is 1.89 bits per heavy atom. The number of rotatable bonds is 4. The molecule has 6 nitrogen and oxygen atoms in total. The largest absolute Gasteiger partial charge is 0.468 e. The topological polar surface area (TPSA) is 72.9 Å². The summed E-state index contributed by atoms with van der Waals surface area (Å²) in [5, 5.41) is 0. The minimum atomic E-state index is -0.834. The monoisotopic (exact) mass is 269 g/mol. The van der Waals surface area contributed by atoms with E-state index in [-0.39, 0.29) is 11.8 Å². The average molecular weight is 269 g/mol. The Morgan fingerprint density at radius 3 is 2.32 bits per heavy atom. The average Bonchev–Trinajstić information content (AvgIpc) is 2.37. The van der Waals surface area contributed by atoms with Gasteiger partial charge in [-0.2, -0.15) is 0 Å². The summed E-state index contributed by atoms with van der Waals surface area (Å²) >= 11 is 0. The number of carbonyl (C=O) groups is 3. The molecule has 0 unspecified atom stereocenters. The smallest absolute Gasteiger partial charge is 0.331 e. The van der Waals surface area contributed by atoms with Crippen molar-refractivity contribution in [3.63, 3.8) is 0 Å². The van der Waals surface area contributed by atoms with Crippen LogP contribution in [0.2, 0.25) is 0 Å². The van der Waals surface area contributed by atoms with Crippen LogP contribution < -0.4 is 0 Å². The number of β-lactam (4-membered cyclic amide) rings is 1. The van der Waals surface area contributed by atoms with E-state index in [1.807, 2.05) is 13.8 Å². The standard InChI is InChI=1S/C13H19NO5/c1-8(2)13(3)10(12(17)19-5)11(16)14(13)7-6-9(15)18-4/h6-8,10H,1-5H3/b7-6+/t10-,13-/m1/s1. The fraction of sp³-hybridized carbons (Fsp3) is 0.615. The van der Waals surface area contributed by atoms with Gasteiger partial charge in [0.2, 0.25) is 5.91 Å². The van der Waals surface area contributed by atoms with Crippen molar-refractivity contribution < 1.29 is 23.9 Å². The second-order valence-corrected chi connectivity index (χ2v) is 4.88. The lowest BCUT2D eigenvalue weighted by molar-refractivity contribution is -0.181. The molecule has 0 spiro atoms. The van der Waals surface area contributed by atoms with Gasteiger partial charge in [-0.25, -0.2) is 4.79 Å². The molecule has 1 fully saturated rings. The fourth-order valence-corrected chi connectivity index (χ4v) is 2.21. The molecule has 1 rings (SSSR count). The highest BCUT2D eigenvalue weighted by molar-refractivity contribution is 6.05. The summed E-state index contributed by atoms with van der Waals surface area (Å²) in [7, 11) is 2.51. The maximum Gasteiger partial charge on any atom is 0.331 e. The van der Waals surface area contributed by atoms with Crippen LogP contribution in [0.15, 0.2) is 12.3 Å². The zero-order valence-corrected chi connectivity index (χ0v) is 11.8. The summed E-state index contributed by atoms with van der Waals surface area (Å²) in [6.07, 6.45) is 2.51. The van der Waals surface area contributed by atoms with Gasteiger partial charge in [-0.1, -0.05) is 13.8 Å². The Kier molecular flexibility index (Phi) is 4.34. The van der Waals surface area contributed by atoms with Gasteiger partial charge in [-0.05, 0) is 12.8 Å². The molecule has 1 aliphatic heterocycles. The van der Waals surface area contributed by atoms with E-state index >= 15 is 0 Å². The molecule has 1 heterocycles. The Labute approximate surface area is 112 Å². The minimum absolute atomic E-state index is 0.0246. The summed E-state index contributed by atoms with van der Waals surface area (Å²) in [6.45, 7) is 5.60. The van der Waals surface area contributed by atoms with Crippen LogP contribution in [0.3, 0.4) is 0 Å². The SMILES string of the molecule is COC(=O)/C=C/N1C(=O)[C@H](C(=O)OC)[C@@]1(C)C(C)C. The van der Waals surface area contributed by atoms with Crippen LogP contribution in [-0.2, 0) is 23.9 Å². The summed E-state index contributed by atoms with van der Waals surface area (Å²) in [6, 6.07) is 0. The highest BCUT2D eigenvalue weighted by Crippen LogP contribution is 2.44. The Bertz CT molecular complexity index is 429. The third kappa shape index (κ3) is 2.34. The van der Waals surface area contributed by atoms with Crippen LogP contribution in [-0.4, -0.2) is 42.5 Å². The molecule has 1 aliphatic rings. The predicted molar refractivity (Wildman–Crippen MR) is 66.8 cm³/mol. The van der Waals surface area contributed by atoms with E-state index in [1.54, 1.807) is 6.92 Å². The summed E-state index contributed by atoms with van der Waals surface area (Å²) in [5.74, 6) is -2.29. The van der Waals surface area contributed by atoms with Crippen molar-refractivity contribution in [1.29, 1.82) is 0 Å². The molecule has 2 atom stereocenters. The highest BCUT2D eigenvalue weighted by Gasteiger charge is 2.62. The van der Waals surface area contributed by atoms with Crippen molar-refractivity contribution in [2.45, 2.75) is 26.3 Å². The second kappa shape index (κ2) is 5.42. The summed E-state index contributed by atoms with van der Waals surface area (Å²) < 4.78 is 9.14. The first-order valence-electron chi connectivity index (χ1n) is 5.97. The Balaban J connectivity index is 3.01. The molecule has 0 N–H and O–H groups in total. The number of nitrogens with zero attached hydrogens (tertiary/aromatic N) is 1. The first kappa shape index (κ1) is 15.2. The third-order valence-corrected chi connectivity index (χ3v) is 3.75. The van der Waals surface area contributed by atoms with Crippen molar-refractivity contribution in [3.05, 3.63) is 12.3 Å². The molecule has 19 heavy (non-hydrogen) atoms. The van der Waals surface area contributed by atoms with Gasteiger partial charge in [0.15, 0.2) is 5.92 Å². The first-order chi connectivity index (χ1) is 8.80. The van der Waals surface area contributed by atoms with Crippen LogP contribution in [0.25, 0.3) is 0 Å². The molecule has 0 aromatic rings. The van der Waals surface area contributed by atoms with Gasteiger partial charge in [-0.15, -0.1) is 0 Å². The van der Waals surface area contributed by atoms with Crippen LogP contribution in [0.4, 0.5) is 0 Å². The normalized spacial score (nSPS) is 26.5. The van der Waals surface area contributed by atoms with Crippen molar-refractivity contribution >= 4 is 17.8 Å². The summed E-state index contributed by atoms with van der Waals surface area (Å²) in [5.41, 5.74) is -0.700. The molecule has 0 saturated carbocycles. The van der Waals surface area contributed by atoms with E-state index in [9.17, 15) is 14.4 Å². The van der Waals surface area contributed by atoms with Gasteiger partial charge in [0.05, 0.1) is 19.8 Å². The molecule has 0 aromatic carbocycles. The molecule has 0 aliphatic carbocycles. The van der Waals surface area contributed by atoms with E-state index < -0.39 is 23.4 Å². The maximum absolute atomic E-state index is 12.0. The van der Waals surface area contributed by atoms with Gasteiger partial charge in [0.25, 0.3) is 0 Å². The molecule has 1 saturated heterocycles. The van der Waals surface area contributed by atoms with Gasteiger partial charge >= 0.3 is 11.9 Å². The van der Waals surface area contributed by atoms with Crippen molar-refractivity contribution in [2.24, 2.45) is 11.8 Å². The van der Waals surface area contributed by atoms with Crippen LogP contribution in [0.5, 0.6) is 0 Å². The lowest BCUT2D eigenvalue weighted by atomic mass is 9.68.